The van der Waals surface area contributed by atoms with Crippen molar-refractivity contribution in [3.05, 3.63) is 35.4 Å². The first-order valence-corrected chi connectivity index (χ1v) is 6.56. The molecule has 2 unspecified atom stereocenters. The molecule has 1 aromatic rings. The molecule has 1 saturated heterocycles. The van der Waals surface area contributed by atoms with E-state index in [1.54, 1.807) is 7.11 Å². The van der Waals surface area contributed by atoms with E-state index < -0.39 is 17.7 Å². The minimum atomic E-state index is -0.578. The van der Waals surface area contributed by atoms with Crippen LogP contribution in [0.5, 0.6) is 0 Å². The van der Waals surface area contributed by atoms with Crippen LogP contribution in [0.3, 0.4) is 0 Å². The van der Waals surface area contributed by atoms with Crippen LogP contribution >= 0.6 is 0 Å². The number of benzene rings is 1. The first kappa shape index (κ1) is 14.4. The summed E-state index contributed by atoms with van der Waals surface area (Å²) in [6.07, 6.45) is 2.32. The monoisotopic (exact) mass is 270 g/mol. The van der Waals surface area contributed by atoms with Gasteiger partial charge in [0.1, 0.15) is 11.6 Å². The van der Waals surface area contributed by atoms with Gasteiger partial charge >= 0.3 is 0 Å². The zero-order valence-corrected chi connectivity index (χ0v) is 11.1. The Labute approximate surface area is 112 Å². The van der Waals surface area contributed by atoms with Gasteiger partial charge < -0.3 is 10.5 Å². The van der Waals surface area contributed by atoms with Crippen LogP contribution in [-0.2, 0) is 4.74 Å². The summed E-state index contributed by atoms with van der Waals surface area (Å²) in [7, 11) is 1.70. The zero-order chi connectivity index (χ0) is 13.8. The lowest BCUT2D eigenvalue weighted by Gasteiger charge is -2.33. The molecule has 0 radical (unpaired) electrons. The number of methoxy groups -OCH3 is 1. The average Bonchev–Trinajstić information content (AvgIpc) is 2.38. The van der Waals surface area contributed by atoms with Crippen molar-refractivity contribution in [1.82, 2.24) is 4.90 Å². The molecule has 0 aromatic heterocycles. The van der Waals surface area contributed by atoms with Crippen molar-refractivity contribution in [3.8, 4) is 0 Å². The summed E-state index contributed by atoms with van der Waals surface area (Å²) in [4.78, 5) is 2.17. The Hall–Kier alpha value is -1.04. The van der Waals surface area contributed by atoms with Crippen molar-refractivity contribution in [3.63, 3.8) is 0 Å². The van der Waals surface area contributed by atoms with Crippen molar-refractivity contribution < 1.29 is 13.5 Å². The minimum absolute atomic E-state index is 0.221. The number of halogens is 2. The van der Waals surface area contributed by atoms with Crippen molar-refractivity contribution in [2.75, 3.05) is 26.7 Å². The first-order chi connectivity index (χ1) is 9.10. The van der Waals surface area contributed by atoms with Gasteiger partial charge in [-0.2, -0.15) is 0 Å². The Balaban J connectivity index is 1.98. The normalized spacial score (nSPS) is 22.4. The summed E-state index contributed by atoms with van der Waals surface area (Å²) in [6, 6.07) is 3.10. The quantitative estimate of drug-likeness (QED) is 0.910. The maximum Gasteiger partial charge on any atom is 0.130 e. The first-order valence-electron chi connectivity index (χ1n) is 6.56. The maximum absolute atomic E-state index is 13.6. The molecule has 0 aliphatic carbocycles. The van der Waals surface area contributed by atoms with Gasteiger partial charge in [-0.3, -0.25) is 4.90 Å². The van der Waals surface area contributed by atoms with Crippen LogP contribution in [0.1, 0.15) is 24.4 Å². The van der Waals surface area contributed by atoms with Crippen LogP contribution in [0.4, 0.5) is 8.78 Å². The molecule has 0 amide bonds. The highest BCUT2D eigenvalue weighted by Crippen LogP contribution is 2.20. The van der Waals surface area contributed by atoms with E-state index in [9.17, 15) is 8.78 Å². The molecule has 1 heterocycles. The predicted octanol–water partition coefficient (Wildman–Crippen LogP) is 2.08. The van der Waals surface area contributed by atoms with Gasteiger partial charge in [-0.05, 0) is 25.5 Å². The molecular formula is C14H20F2N2O. The number of nitrogens with two attached hydrogens (primary N) is 1. The van der Waals surface area contributed by atoms with Crippen molar-refractivity contribution in [1.29, 1.82) is 0 Å². The molecule has 2 N–H and O–H groups in total. The number of piperidine rings is 1. The SMILES string of the molecule is COC1CCCN(CC(N)c2ccc(F)cc2F)C1. The third-order valence-corrected chi connectivity index (χ3v) is 3.61. The van der Waals surface area contributed by atoms with E-state index in [4.69, 9.17) is 10.5 Å². The second-order valence-electron chi connectivity index (χ2n) is 5.03. The van der Waals surface area contributed by atoms with Crippen LogP contribution in [0.25, 0.3) is 0 Å². The van der Waals surface area contributed by atoms with Crippen molar-refractivity contribution in [2.45, 2.75) is 25.0 Å². The fourth-order valence-electron chi connectivity index (χ4n) is 2.55. The lowest BCUT2D eigenvalue weighted by atomic mass is 10.0. The molecule has 2 rings (SSSR count). The van der Waals surface area contributed by atoms with Crippen LogP contribution in [0, 0.1) is 11.6 Å². The molecule has 1 aliphatic rings. The number of ether oxygens (including phenoxy) is 1. The van der Waals surface area contributed by atoms with Crippen LogP contribution in [0.2, 0.25) is 0 Å². The largest absolute Gasteiger partial charge is 0.380 e. The predicted molar refractivity (Wildman–Crippen MR) is 69.8 cm³/mol. The van der Waals surface area contributed by atoms with Gasteiger partial charge in [-0.25, -0.2) is 8.78 Å². The van der Waals surface area contributed by atoms with E-state index in [0.29, 0.717) is 12.1 Å². The van der Waals surface area contributed by atoms with Crippen molar-refractivity contribution in [2.24, 2.45) is 5.73 Å². The Bertz CT molecular complexity index is 428. The summed E-state index contributed by atoms with van der Waals surface area (Å²) < 4.78 is 31.8. The van der Waals surface area contributed by atoms with E-state index in [0.717, 1.165) is 32.0 Å². The second-order valence-corrected chi connectivity index (χ2v) is 5.03. The second kappa shape index (κ2) is 6.41. The third-order valence-electron chi connectivity index (χ3n) is 3.61. The van der Waals surface area contributed by atoms with Gasteiger partial charge in [0.2, 0.25) is 0 Å². The minimum Gasteiger partial charge on any atom is -0.380 e. The van der Waals surface area contributed by atoms with E-state index in [-0.39, 0.29) is 6.10 Å². The molecular weight excluding hydrogens is 250 g/mol. The van der Waals surface area contributed by atoms with E-state index >= 15 is 0 Å². The lowest BCUT2D eigenvalue weighted by Crippen LogP contribution is -2.42. The molecule has 1 fully saturated rings. The molecule has 1 aliphatic heterocycles. The molecule has 19 heavy (non-hydrogen) atoms. The number of hydrogen-bond acceptors (Lipinski definition) is 3. The fourth-order valence-corrected chi connectivity index (χ4v) is 2.55. The molecule has 0 bridgehead atoms. The number of likely N-dealkylation sites (tertiary alicyclic amines) is 1. The van der Waals surface area contributed by atoms with Crippen LogP contribution in [0.15, 0.2) is 18.2 Å². The highest BCUT2D eigenvalue weighted by atomic mass is 19.1. The molecule has 0 saturated carbocycles. The average molecular weight is 270 g/mol. The summed E-state index contributed by atoms with van der Waals surface area (Å²) >= 11 is 0. The third kappa shape index (κ3) is 3.72. The molecule has 106 valence electrons. The Morgan fingerprint density at radius 3 is 2.95 bits per heavy atom. The van der Waals surface area contributed by atoms with Gasteiger partial charge in [0.25, 0.3) is 0 Å². The number of hydrogen-bond donors (Lipinski definition) is 1. The Morgan fingerprint density at radius 1 is 1.47 bits per heavy atom. The summed E-state index contributed by atoms with van der Waals surface area (Å²) in [5.41, 5.74) is 6.38. The van der Waals surface area contributed by atoms with Gasteiger partial charge in [0.15, 0.2) is 0 Å². The van der Waals surface area contributed by atoms with Crippen LogP contribution < -0.4 is 5.73 Å². The lowest BCUT2D eigenvalue weighted by molar-refractivity contribution is 0.0293. The Kier molecular flexibility index (Phi) is 4.85. The number of nitrogens with zero attached hydrogens (tertiary/aromatic N) is 1. The van der Waals surface area contributed by atoms with Crippen molar-refractivity contribution >= 4 is 0 Å². The van der Waals surface area contributed by atoms with Gasteiger partial charge in [0, 0.05) is 37.9 Å². The van der Waals surface area contributed by atoms with Crippen LogP contribution in [-0.4, -0.2) is 37.7 Å². The molecule has 5 heteroatoms. The summed E-state index contributed by atoms with van der Waals surface area (Å²) in [5, 5.41) is 0. The smallest absolute Gasteiger partial charge is 0.130 e. The molecule has 0 spiro atoms. The number of rotatable bonds is 4. The van der Waals surface area contributed by atoms with E-state index in [1.807, 2.05) is 0 Å². The van der Waals surface area contributed by atoms with E-state index in [2.05, 4.69) is 4.90 Å². The summed E-state index contributed by atoms with van der Waals surface area (Å²) in [6.45, 7) is 2.31. The Morgan fingerprint density at radius 2 is 2.26 bits per heavy atom. The molecule has 3 nitrogen and oxygen atoms in total. The van der Waals surface area contributed by atoms with Gasteiger partial charge in [0.05, 0.1) is 6.10 Å². The zero-order valence-electron chi connectivity index (χ0n) is 11.1. The maximum atomic E-state index is 13.6. The standard InChI is InChI=1S/C14H20F2N2O/c1-19-11-3-2-6-18(8-11)9-14(17)12-5-4-10(15)7-13(12)16/h4-5,7,11,14H,2-3,6,8-9,17H2,1H3. The van der Waals surface area contributed by atoms with E-state index in [1.165, 1.54) is 12.1 Å². The summed E-state index contributed by atoms with van der Waals surface area (Å²) in [5.74, 6) is -1.15. The highest BCUT2D eigenvalue weighted by molar-refractivity contribution is 5.22. The molecule has 1 aromatic carbocycles. The highest BCUT2D eigenvalue weighted by Gasteiger charge is 2.22. The topological polar surface area (TPSA) is 38.5 Å². The molecule has 2 atom stereocenters. The van der Waals surface area contributed by atoms with Gasteiger partial charge in [-0.15, -0.1) is 0 Å². The van der Waals surface area contributed by atoms with Gasteiger partial charge in [-0.1, -0.05) is 6.07 Å². The fraction of sp³-hybridized carbons (Fsp3) is 0.571.